The summed E-state index contributed by atoms with van der Waals surface area (Å²) in [5.74, 6) is -2.92. The fourth-order valence-electron chi connectivity index (χ4n) is 2.39. The van der Waals surface area contributed by atoms with Crippen molar-refractivity contribution in [2.24, 2.45) is 0 Å². The molecule has 3 rings (SSSR count). The third-order valence-electron chi connectivity index (χ3n) is 4.16. The first-order chi connectivity index (χ1) is 15.7. The molecule has 0 bridgehead atoms. The first-order valence-electron chi connectivity index (χ1n) is 10.3. The van der Waals surface area contributed by atoms with Gasteiger partial charge < -0.3 is 15.3 Å². The smallest absolute Gasteiger partial charge is 0.354 e. The summed E-state index contributed by atoms with van der Waals surface area (Å²) in [4.78, 5) is 42.9. The van der Waals surface area contributed by atoms with Crippen molar-refractivity contribution in [3.63, 3.8) is 0 Å². The zero-order chi connectivity index (χ0) is 24.8. The summed E-state index contributed by atoms with van der Waals surface area (Å²) in [5, 5.41) is 25.6. The van der Waals surface area contributed by atoms with Gasteiger partial charge in [-0.25, -0.2) is 29.3 Å². The molecule has 0 fully saturated rings. The Kier molecular flexibility index (Phi) is 11.4. The van der Waals surface area contributed by atoms with Crippen LogP contribution in [0, 0.1) is 0 Å². The first-order valence-corrected chi connectivity index (χ1v) is 10.3. The van der Waals surface area contributed by atoms with Crippen molar-refractivity contribution in [3.8, 4) is 0 Å². The molecule has 3 aromatic heterocycles. The highest BCUT2D eigenvalue weighted by Crippen LogP contribution is 2.01. The van der Waals surface area contributed by atoms with Crippen LogP contribution in [0.4, 0.5) is 0 Å². The van der Waals surface area contributed by atoms with Crippen molar-refractivity contribution >= 4 is 17.9 Å². The molecule has 0 radical (unpaired) electrons. The molecule has 0 spiro atoms. The highest BCUT2D eigenvalue weighted by Gasteiger charge is 2.04. The van der Waals surface area contributed by atoms with Crippen LogP contribution in [0.2, 0.25) is 0 Å². The standard InChI is InChI=1S/3C8H9NO2/c3*1-2-6-4-3-5-7(9-6)8(10)11/h3*3-5H,2H2,1H3,(H,10,11). The Bertz CT molecular complexity index is 948. The summed E-state index contributed by atoms with van der Waals surface area (Å²) < 4.78 is 0. The molecule has 3 aromatic rings. The van der Waals surface area contributed by atoms with E-state index in [1.54, 1.807) is 18.2 Å². The van der Waals surface area contributed by atoms with Crippen LogP contribution in [-0.2, 0) is 19.3 Å². The highest BCUT2D eigenvalue weighted by molar-refractivity contribution is 5.86. The zero-order valence-corrected chi connectivity index (χ0v) is 18.7. The lowest BCUT2D eigenvalue weighted by atomic mass is 10.2. The molecule has 0 aliphatic carbocycles. The van der Waals surface area contributed by atoms with E-state index in [9.17, 15) is 14.4 Å². The number of rotatable bonds is 6. The number of carboxylic acids is 3. The maximum Gasteiger partial charge on any atom is 0.354 e. The Labute approximate surface area is 191 Å². The molecule has 0 atom stereocenters. The molecule has 0 aliphatic rings. The fourth-order valence-corrected chi connectivity index (χ4v) is 2.39. The summed E-state index contributed by atoms with van der Waals surface area (Å²) in [5.41, 5.74) is 2.78. The lowest BCUT2D eigenvalue weighted by Gasteiger charge is -1.96. The molecule has 33 heavy (non-hydrogen) atoms. The molecule has 0 saturated heterocycles. The van der Waals surface area contributed by atoms with Crippen LogP contribution in [0.3, 0.4) is 0 Å². The van der Waals surface area contributed by atoms with Crippen molar-refractivity contribution in [2.45, 2.75) is 40.0 Å². The Balaban J connectivity index is 0.000000247. The van der Waals surface area contributed by atoms with E-state index in [0.29, 0.717) is 0 Å². The summed E-state index contributed by atoms with van der Waals surface area (Å²) >= 11 is 0. The average Bonchev–Trinajstić information content (AvgIpc) is 2.84. The monoisotopic (exact) mass is 453 g/mol. The highest BCUT2D eigenvalue weighted by atomic mass is 16.4. The van der Waals surface area contributed by atoms with E-state index in [2.05, 4.69) is 15.0 Å². The van der Waals surface area contributed by atoms with E-state index < -0.39 is 17.9 Å². The normalized spacial score (nSPS) is 9.55. The van der Waals surface area contributed by atoms with Crippen LogP contribution < -0.4 is 0 Å². The second-order valence-corrected chi connectivity index (χ2v) is 6.52. The van der Waals surface area contributed by atoms with Gasteiger partial charge in [0.25, 0.3) is 0 Å². The van der Waals surface area contributed by atoms with Crippen LogP contribution in [0.1, 0.15) is 69.3 Å². The molecule has 0 amide bonds. The van der Waals surface area contributed by atoms with Gasteiger partial charge in [0.1, 0.15) is 17.1 Å². The lowest BCUT2D eigenvalue weighted by Crippen LogP contribution is -2.01. The van der Waals surface area contributed by atoms with Gasteiger partial charge in [0.05, 0.1) is 0 Å². The van der Waals surface area contributed by atoms with Crippen LogP contribution in [0.5, 0.6) is 0 Å². The SMILES string of the molecule is CCc1cccc(C(=O)O)n1.CCc1cccc(C(=O)O)n1.CCc1cccc(C(=O)O)n1. The molecule has 0 aliphatic heterocycles. The van der Waals surface area contributed by atoms with Crippen molar-refractivity contribution in [2.75, 3.05) is 0 Å². The van der Waals surface area contributed by atoms with Gasteiger partial charge in [0.2, 0.25) is 0 Å². The maximum absolute atomic E-state index is 10.4. The van der Waals surface area contributed by atoms with E-state index >= 15 is 0 Å². The molecule has 9 heteroatoms. The minimum atomic E-state index is -0.972. The molecule has 3 heterocycles. The fraction of sp³-hybridized carbons (Fsp3) is 0.250. The topological polar surface area (TPSA) is 151 Å². The zero-order valence-electron chi connectivity index (χ0n) is 18.7. The predicted octanol–water partition coefficient (Wildman–Crippen LogP) is 4.03. The second-order valence-electron chi connectivity index (χ2n) is 6.52. The van der Waals surface area contributed by atoms with Gasteiger partial charge in [0, 0.05) is 17.1 Å². The van der Waals surface area contributed by atoms with E-state index in [1.807, 2.05) is 39.0 Å². The Morgan fingerprint density at radius 3 is 0.970 bits per heavy atom. The van der Waals surface area contributed by atoms with Gasteiger partial charge in [-0.05, 0) is 55.7 Å². The number of pyridine rings is 3. The molecule has 0 unspecified atom stereocenters. The number of carboxylic acid groups (broad SMARTS) is 3. The lowest BCUT2D eigenvalue weighted by molar-refractivity contribution is 0.0679. The van der Waals surface area contributed by atoms with Gasteiger partial charge in [-0.3, -0.25) is 0 Å². The van der Waals surface area contributed by atoms with Crippen molar-refractivity contribution < 1.29 is 29.7 Å². The number of aryl methyl sites for hydroxylation is 3. The number of aromatic nitrogens is 3. The first kappa shape index (κ1) is 26.9. The number of carbonyl (C=O) groups is 3. The summed E-state index contributed by atoms with van der Waals surface area (Å²) in [6.45, 7) is 5.82. The Morgan fingerprint density at radius 1 is 0.545 bits per heavy atom. The van der Waals surface area contributed by atoms with Gasteiger partial charge in [0.15, 0.2) is 0 Å². The van der Waals surface area contributed by atoms with Gasteiger partial charge in [-0.1, -0.05) is 39.0 Å². The van der Waals surface area contributed by atoms with Crippen LogP contribution in [0.25, 0.3) is 0 Å². The maximum atomic E-state index is 10.4. The molecule has 3 N–H and O–H groups in total. The molecular weight excluding hydrogens is 426 g/mol. The van der Waals surface area contributed by atoms with Crippen molar-refractivity contribution in [1.82, 2.24) is 15.0 Å². The van der Waals surface area contributed by atoms with Crippen molar-refractivity contribution in [1.29, 1.82) is 0 Å². The van der Waals surface area contributed by atoms with Crippen LogP contribution in [0.15, 0.2) is 54.6 Å². The second kappa shape index (κ2) is 14.0. The number of nitrogens with zero attached hydrogens (tertiary/aromatic N) is 3. The van der Waals surface area contributed by atoms with E-state index in [4.69, 9.17) is 15.3 Å². The van der Waals surface area contributed by atoms with Crippen molar-refractivity contribution in [3.05, 3.63) is 88.8 Å². The quantitative estimate of drug-likeness (QED) is 0.502. The van der Waals surface area contributed by atoms with Gasteiger partial charge >= 0.3 is 17.9 Å². The Morgan fingerprint density at radius 2 is 0.788 bits per heavy atom. The third kappa shape index (κ3) is 9.69. The van der Waals surface area contributed by atoms with Gasteiger partial charge in [-0.15, -0.1) is 0 Å². The van der Waals surface area contributed by atoms with E-state index in [1.165, 1.54) is 18.2 Å². The van der Waals surface area contributed by atoms with Crippen LogP contribution >= 0.6 is 0 Å². The minimum absolute atomic E-state index is 0.115. The number of aromatic carboxylic acids is 3. The average molecular weight is 453 g/mol. The largest absolute Gasteiger partial charge is 0.477 e. The van der Waals surface area contributed by atoms with E-state index in [-0.39, 0.29) is 17.1 Å². The van der Waals surface area contributed by atoms with Crippen LogP contribution in [-0.4, -0.2) is 48.2 Å². The summed E-state index contributed by atoms with van der Waals surface area (Å²) in [6.07, 6.45) is 2.30. The molecule has 9 nitrogen and oxygen atoms in total. The van der Waals surface area contributed by atoms with Gasteiger partial charge in [-0.2, -0.15) is 0 Å². The number of hydrogen-bond acceptors (Lipinski definition) is 6. The number of hydrogen-bond donors (Lipinski definition) is 3. The molecule has 174 valence electrons. The molecule has 0 saturated carbocycles. The summed E-state index contributed by atoms with van der Waals surface area (Å²) in [7, 11) is 0. The Hall–Kier alpha value is -4.14. The molecular formula is C24H27N3O6. The summed E-state index contributed by atoms with van der Waals surface area (Å²) in [6, 6.07) is 15.0. The minimum Gasteiger partial charge on any atom is -0.477 e. The van der Waals surface area contributed by atoms with E-state index in [0.717, 1.165) is 36.3 Å². The third-order valence-corrected chi connectivity index (χ3v) is 4.16. The predicted molar refractivity (Wildman–Crippen MR) is 122 cm³/mol. The molecule has 0 aromatic carbocycles.